The number of carbonyl (C=O) groups is 2. The molecule has 5 nitrogen and oxygen atoms in total. The highest BCUT2D eigenvalue weighted by atomic mass is 16.5. The second kappa shape index (κ2) is 10.6. The van der Waals surface area contributed by atoms with E-state index >= 15 is 0 Å². The summed E-state index contributed by atoms with van der Waals surface area (Å²) in [6, 6.07) is 14.9. The Morgan fingerprint density at radius 3 is 2.34 bits per heavy atom. The number of amides is 2. The second-order valence-electron chi connectivity index (χ2n) is 7.85. The van der Waals surface area contributed by atoms with E-state index in [-0.39, 0.29) is 18.2 Å². The molecule has 1 unspecified atom stereocenters. The molecule has 1 N–H and O–H groups in total. The number of hydrogen-bond donors (Lipinski definition) is 1. The van der Waals surface area contributed by atoms with Crippen molar-refractivity contribution in [3.63, 3.8) is 0 Å². The molecule has 2 aromatic rings. The molecule has 0 aliphatic rings. The minimum Gasteiger partial charge on any atom is -0.497 e. The third kappa shape index (κ3) is 6.93. The predicted octanol–water partition coefficient (Wildman–Crippen LogP) is 3.74. The maximum Gasteiger partial charge on any atom is 0.242 e. The number of nitrogens with one attached hydrogen (secondary N) is 1. The third-order valence-corrected chi connectivity index (χ3v) is 4.81. The van der Waals surface area contributed by atoms with Gasteiger partial charge in [0.2, 0.25) is 11.8 Å². The largest absolute Gasteiger partial charge is 0.497 e. The van der Waals surface area contributed by atoms with Gasteiger partial charge in [0.25, 0.3) is 0 Å². The van der Waals surface area contributed by atoms with Gasteiger partial charge in [-0.3, -0.25) is 9.59 Å². The van der Waals surface area contributed by atoms with Gasteiger partial charge >= 0.3 is 0 Å². The number of rotatable bonds is 9. The number of ether oxygens (including phenoxy) is 1. The number of nitrogens with zero attached hydrogens (tertiary/aromatic N) is 1. The van der Waals surface area contributed by atoms with Crippen LogP contribution in [0, 0.1) is 12.8 Å². The van der Waals surface area contributed by atoms with Gasteiger partial charge in [0.05, 0.1) is 13.5 Å². The fraction of sp³-hybridized carbons (Fsp3) is 0.417. The van der Waals surface area contributed by atoms with Crippen molar-refractivity contribution < 1.29 is 14.3 Å². The highest BCUT2D eigenvalue weighted by Gasteiger charge is 2.26. The minimum absolute atomic E-state index is 0.0798. The summed E-state index contributed by atoms with van der Waals surface area (Å²) in [5.41, 5.74) is 3.01. The zero-order chi connectivity index (χ0) is 21.4. The van der Waals surface area contributed by atoms with E-state index in [9.17, 15) is 9.59 Å². The Bertz CT molecular complexity index is 815. The van der Waals surface area contributed by atoms with Crippen molar-refractivity contribution in [2.24, 2.45) is 5.92 Å². The Morgan fingerprint density at radius 1 is 1.03 bits per heavy atom. The molecule has 0 fully saturated rings. The van der Waals surface area contributed by atoms with E-state index < -0.39 is 6.04 Å². The molecule has 29 heavy (non-hydrogen) atoms. The van der Waals surface area contributed by atoms with Gasteiger partial charge in [-0.2, -0.15) is 0 Å². The molecule has 0 saturated carbocycles. The summed E-state index contributed by atoms with van der Waals surface area (Å²) >= 11 is 0. The fourth-order valence-electron chi connectivity index (χ4n) is 2.98. The maximum atomic E-state index is 13.2. The van der Waals surface area contributed by atoms with Crippen LogP contribution >= 0.6 is 0 Å². The summed E-state index contributed by atoms with van der Waals surface area (Å²) in [4.78, 5) is 27.5. The van der Waals surface area contributed by atoms with Crippen molar-refractivity contribution in [1.82, 2.24) is 10.2 Å². The maximum absolute atomic E-state index is 13.2. The van der Waals surface area contributed by atoms with E-state index in [4.69, 9.17) is 4.74 Å². The van der Waals surface area contributed by atoms with Crippen LogP contribution in [0.5, 0.6) is 5.75 Å². The minimum atomic E-state index is -0.571. The van der Waals surface area contributed by atoms with E-state index in [1.165, 1.54) is 0 Å². The Balaban J connectivity index is 2.21. The zero-order valence-electron chi connectivity index (χ0n) is 18.1. The number of hydrogen-bond acceptors (Lipinski definition) is 3. The van der Waals surface area contributed by atoms with Crippen LogP contribution in [-0.2, 0) is 22.6 Å². The molecule has 2 amide bonds. The Labute approximate surface area is 174 Å². The van der Waals surface area contributed by atoms with Crippen LogP contribution in [0.3, 0.4) is 0 Å². The lowest BCUT2D eigenvalue weighted by molar-refractivity contribution is -0.140. The molecule has 0 radical (unpaired) electrons. The molecule has 156 valence electrons. The molecule has 0 bridgehead atoms. The Hall–Kier alpha value is -2.82. The average molecular weight is 397 g/mol. The van der Waals surface area contributed by atoms with Crippen LogP contribution in [-0.4, -0.2) is 36.4 Å². The summed E-state index contributed by atoms with van der Waals surface area (Å²) in [6.45, 7) is 8.81. The molecular formula is C24H32N2O3. The molecule has 2 aromatic carbocycles. The lowest BCUT2D eigenvalue weighted by Crippen LogP contribution is -2.48. The van der Waals surface area contributed by atoms with Crippen molar-refractivity contribution in [1.29, 1.82) is 0 Å². The van der Waals surface area contributed by atoms with Gasteiger partial charge in [0.1, 0.15) is 11.8 Å². The smallest absolute Gasteiger partial charge is 0.242 e. The van der Waals surface area contributed by atoms with Crippen LogP contribution < -0.4 is 10.1 Å². The van der Waals surface area contributed by atoms with Crippen molar-refractivity contribution in [2.45, 2.75) is 46.7 Å². The number of aryl methyl sites for hydroxylation is 1. The topological polar surface area (TPSA) is 58.6 Å². The highest BCUT2D eigenvalue weighted by Crippen LogP contribution is 2.17. The van der Waals surface area contributed by atoms with Crippen molar-refractivity contribution in [2.75, 3.05) is 13.7 Å². The second-order valence-corrected chi connectivity index (χ2v) is 7.85. The predicted molar refractivity (Wildman–Crippen MR) is 116 cm³/mol. The van der Waals surface area contributed by atoms with E-state index in [1.807, 2.05) is 69.3 Å². The molecule has 1 atom stereocenters. The highest BCUT2D eigenvalue weighted by molar-refractivity contribution is 5.88. The van der Waals surface area contributed by atoms with Crippen LogP contribution in [0.1, 0.15) is 37.5 Å². The molecule has 5 heteroatoms. The van der Waals surface area contributed by atoms with Gasteiger partial charge < -0.3 is 15.0 Å². The number of benzene rings is 2. The van der Waals surface area contributed by atoms with Gasteiger partial charge in [0, 0.05) is 13.1 Å². The molecule has 0 aliphatic heterocycles. The SMILES string of the molecule is COc1cccc(CN(C(=O)Cc2ccc(C)cc2)C(C)C(=O)NCC(C)C)c1. The summed E-state index contributed by atoms with van der Waals surface area (Å²) in [5.74, 6) is 0.856. The summed E-state index contributed by atoms with van der Waals surface area (Å²) in [6.07, 6.45) is 0.256. The van der Waals surface area contributed by atoms with Crippen molar-refractivity contribution in [3.05, 3.63) is 65.2 Å². The number of methoxy groups -OCH3 is 1. The van der Waals surface area contributed by atoms with E-state index in [1.54, 1.807) is 18.9 Å². The third-order valence-electron chi connectivity index (χ3n) is 4.81. The fourth-order valence-corrected chi connectivity index (χ4v) is 2.98. The molecule has 0 saturated heterocycles. The molecule has 0 aliphatic carbocycles. The monoisotopic (exact) mass is 396 g/mol. The quantitative estimate of drug-likeness (QED) is 0.703. The van der Waals surface area contributed by atoms with E-state index in [2.05, 4.69) is 5.32 Å². The molecule has 0 aromatic heterocycles. The van der Waals surface area contributed by atoms with E-state index in [0.29, 0.717) is 19.0 Å². The van der Waals surface area contributed by atoms with Crippen molar-refractivity contribution >= 4 is 11.8 Å². The van der Waals surface area contributed by atoms with Gasteiger partial charge in [-0.25, -0.2) is 0 Å². The number of carbonyl (C=O) groups excluding carboxylic acids is 2. The first-order valence-electron chi connectivity index (χ1n) is 10.1. The Morgan fingerprint density at radius 2 is 1.72 bits per heavy atom. The Kier molecular flexibility index (Phi) is 8.25. The molecule has 0 spiro atoms. The van der Waals surface area contributed by atoms with Gasteiger partial charge in [-0.15, -0.1) is 0 Å². The van der Waals surface area contributed by atoms with Crippen LogP contribution in [0.4, 0.5) is 0 Å². The van der Waals surface area contributed by atoms with Crippen molar-refractivity contribution in [3.8, 4) is 5.75 Å². The standard InChI is InChI=1S/C24H32N2O3/c1-17(2)15-25-24(28)19(4)26(16-21-7-6-8-22(13-21)29-5)23(27)14-20-11-9-18(3)10-12-20/h6-13,17,19H,14-16H2,1-5H3,(H,25,28). The van der Waals surface area contributed by atoms with E-state index in [0.717, 1.165) is 22.4 Å². The lowest BCUT2D eigenvalue weighted by Gasteiger charge is -2.29. The summed E-state index contributed by atoms with van der Waals surface area (Å²) < 4.78 is 5.29. The average Bonchev–Trinajstić information content (AvgIpc) is 2.71. The normalized spacial score (nSPS) is 11.8. The summed E-state index contributed by atoms with van der Waals surface area (Å²) in [5, 5.41) is 2.94. The zero-order valence-corrected chi connectivity index (χ0v) is 18.1. The molecular weight excluding hydrogens is 364 g/mol. The lowest BCUT2D eigenvalue weighted by atomic mass is 10.1. The van der Waals surface area contributed by atoms with Gasteiger partial charge in [-0.1, -0.05) is 55.8 Å². The first-order valence-corrected chi connectivity index (χ1v) is 10.1. The molecule has 2 rings (SSSR count). The van der Waals surface area contributed by atoms with Gasteiger partial charge in [0.15, 0.2) is 0 Å². The van der Waals surface area contributed by atoms with Crippen LogP contribution in [0.15, 0.2) is 48.5 Å². The first-order chi connectivity index (χ1) is 13.8. The first kappa shape index (κ1) is 22.5. The van der Waals surface area contributed by atoms with Gasteiger partial charge in [-0.05, 0) is 43.0 Å². The van der Waals surface area contributed by atoms with Crippen LogP contribution in [0.2, 0.25) is 0 Å². The molecule has 0 heterocycles. The van der Waals surface area contributed by atoms with Crippen LogP contribution in [0.25, 0.3) is 0 Å². The summed E-state index contributed by atoms with van der Waals surface area (Å²) in [7, 11) is 1.61.